The molecule has 1 aromatic rings. The molecule has 1 aliphatic heterocycles. The summed E-state index contributed by atoms with van der Waals surface area (Å²) < 4.78 is 0. The van der Waals surface area contributed by atoms with Crippen LogP contribution in [0, 0.1) is 11.5 Å². The molecule has 1 aromatic heterocycles. The van der Waals surface area contributed by atoms with Gasteiger partial charge in [-0.3, -0.25) is 9.88 Å². The zero-order chi connectivity index (χ0) is 8.39. The lowest BCUT2D eigenvalue weighted by Crippen LogP contribution is -2.19. The lowest BCUT2D eigenvalue weighted by molar-refractivity contribution is 1.07. The van der Waals surface area contributed by atoms with Crippen LogP contribution in [0.2, 0.25) is 0 Å². The molecule has 1 aliphatic rings. The molecule has 0 aromatic carbocycles. The summed E-state index contributed by atoms with van der Waals surface area (Å²) in [6, 6.07) is 1.85. The van der Waals surface area contributed by atoms with E-state index < -0.39 is 0 Å². The van der Waals surface area contributed by atoms with Crippen molar-refractivity contribution in [2.24, 2.45) is 0 Å². The zero-order valence-corrected chi connectivity index (χ0v) is 6.44. The average molecular weight is 157 g/mol. The second-order valence-electron chi connectivity index (χ2n) is 2.55. The fraction of sp³-hybridized carbons (Fsp3) is 0.111. The summed E-state index contributed by atoms with van der Waals surface area (Å²) in [5.74, 6) is 0. The van der Waals surface area contributed by atoms with E-state index in [-0.39, 0.29) is 0 Å². The van der Waals surface area contributed by atoms with Gasteiger partial charge in [0.15, 0.2) is 6.19 Å². The van der Waals surface area contributed by atoms with Crippen molar-refractivity contribution in [2.75, 3.05) is 11.4 Å². The summed E-state index contributed by atoms with van der Waals surface area (Å²) in [5, 5.41) is 8.76. The molecule has 0 atom stereocenters. The zero-order valence-electron chi connectivity index (χ0n) is 6.44. The predicted octanol–water partition coefficient (Wildman–Crippen LogP) is 1.40. The van der Waals surface area contributed by atoms with Crippen molar-refractivity contribution in [3.8, 4) is 6.19 Å². The van der Waals surface area contributed by atoms with E-state index in [0.29, 0.717) is 6.54 Å². The van der Waals surface area contributed by atoms with E-state index in [1.165, 1.54) is 0 Å². The molecule has 0 fully saturated rings. The minimum Gasteiger partial charge on any atom is -0.275 e. The Balaban J connectivity index is 2.54. The van der Waals surface area contributed by atoms with E-state index in [0.717, 1.165) is 11.3 Å². The first-order chi connectivity index (χ1) is 5.92. The number of anilines is 1. The first-order valence-electron chi connectivity index (χ1n) is 3.69. The highest BCUT2D eigenvalue weighted by Gasteiger charge is 2.10. The third kappa shape index (κ3) is 0.940. The van der Waals surface area contributed by atoms with Gasteiger partial charge >= 0.3 is 0 Å². The van der Waals surface area contributed by atoms with Crippen LogP contribution >= 0.6 is 0 Å². The smallest absolute Gasteiger partial charge is 0.184 e. The molecule has 0 saturated carbocycles. The van der Waals surface area contributed by atoms with Crippen LogP contribution < -0.4 is 4.90 Å². The lowest BCUT2D eigenvalue weighted by atomic mass is 10.1. The molecule has 0 N–H and O–H groups in total. The maximum absolute atomic E-state index is 8.76. The van der Waals surface area contributed by atoms with E-state index >= 15 is 0 Å². The van der Waals surface area contributed by atoms with Gasteiger partial charge in [-0.1, -0.05) is 12.2 Å². The maximum Gasteiger partial charge on any atom is 0.184 e. The van der Waals surface area contributed by atoms with Crippen LogP contribution in [0.25, 0.3) is 6.08 Å². The van der Waals surface area contributed by atoms with E-state index in [1.54, 1.807) is 17.3 Å². The Morgan fingerprint density at radius 1 is 1.58 bits per heavy atom. The number of nitrogens with zero attached hydrogens (tertiary/aromatic N) is 3. The number of nitriles is 1. The Hall–Kier alpha value is -1.82. The van der Waals surface area contributed by atoms with Crippen LogP contribution in [0.15, 0.2) is 24.5 Å². The second kappa shape index (κ2) is 2.67. The standard InChI is InChI=1S/C9H7N3/c10-7-12-5-1-2-8-6-11-4-3-9(8)12/h1-4,6H,5H2. The summed E-state index contributed by atoms with van der Waals surface area (Å²) in [4.78, 5) is 5.62. The molecule has 2 heterocycles. The maximum atomic E-state index is 8.76. The summed E-state index contributed by atoms with van der Waals surface area (Å²) in [5.41, 5.74) is 1.94. The number of aromatic nitrogens is 1. The number of hydrogen-bond donors (Lipinski definition) is 0. The molecular weight excluding hydrogens is 150 g/mol. The van der Waals surface area contributed by atoms with E-state index in [9.17, 15) is 0 Å². The van der Waals surface area contributed by atoms with Gasteiger partial charge in [0.1, 0.15) is 0 Å². The van der Waals surface area contributed by atoms with Crippen LogP contribution in [0.3, 0.4) is 0 Å². The Morgan fingerprint density at radius 2 is 2.50 bits per heavy atom. The molecule has 0 saturated heterocycles. The topological polar surface area (TPSA) is 39.9 Å². The SMILES string of the molecule is N#CN1CC=Cc2cnccc21. The molecule has 2 rings (SSSR count). The van der Waals surface area contributed by atoms with Crippen molar-refractivity contribution < 1.29 is 0 Å². The Kier molecular flexibility index (Phi) is 1.52. The van der Waals surface area contributed by atoms with Gasteiger partial charge in [0, 0.05) is 18.0 Å². The van der Waals surface area contributed by atoms with E-state index in [1.807, 2.05) is 18.2 Å². The van der Waals surface area contributed by atoms with Crippen molar-refractivity contribution in [3.05, 3.63) is 30.1 Å². The van der Waals surface area contributed by atoms with Crippen molar-refractivity contribution in [1.29, 1.82) is 5.26 Å². The fourth-order valence-corrected chi connectivity index (χ4v) is 1.25. The third-order valence-electron chi connectivity index (χ3n) is 1.82. The van der Waals surface area contributed by atoms with Crippen LogP contribution in [-0.4, -0.2) is 11.5 Å². The monoisotopic (exact) mass is 157 g/mol. The highest BCUT2D eigenvalue weighted by Crippen LogP contribution is 2.23. The number of fused-ring (bicyclic) bond motifs is 1. The molecule has 0 radical (unpaired) electrons. The summed E-state index contributed by atoms with van der Waals surface area (Å²) >= 11 is 0. The first kappa shape index (κ1) is 6.86. The number of pyridine rings is 1. The molecule has 58 valence electrons. The first-order valence-corrected chi connectivity index (χ1v) is 3.69. The van der Waals surface area contributed by atoms with Crippen molar-refractivity contribution in [3.63, 3.8) is 0 Å². The van der Waals surface area contributed by atoms with Crippen LogP contribution in [0.4, 0.5) is 5.69 Å². The number of rotatable bonds is 0. The van der Waals surface area contributed by atoms with Gasteiger partial charge in [-0.05, 0) is 6.07 Å². The van der Waals surface area contributed by atoms with Crippen LogP contribution in [-0.2, 0) is 0 Å². The highest BCUT2D eigenvalue weighted by molar-refractivity contribution is 5.71. The summed E-state index contributed by atoms with van der Waals surface area (Å²) in [7, 11) is 0. The van der Waals surface area contributed by atoms with Crippen molar-refractivity contribution >= 4 is 11.8 Å². The van der Waals surface area contributed by atoms with Crippen LogP contribution in [0.5, 0.6) is 0 Å². The van der Waals surface area contributed by atoms with Crippen molar-refractivity contribution in [2.45, 2.75) is 0 Å². The van der Waals surface area contributed by atoms with E-state index in [4.69, 9.17) is 5.26 Å². The fourth-order valence-electron chi connectivity index (χ4n) is 1.25. The lowest BCUT2D eigenvalue weighted by Gasteiger charge is -2.18. The van der Waals surface area contributed by atoms with Gasteiger partial charge < -0.3 is 0 Å². The van der Waals surface area contributed by atoms with Gasteiger partial charge in [-0.2, -0.15) is 5.26 Å². The largest absolute Gasteiger partial charge is 0.275 e. The Morgan fingerprint density at radius 3 is 3.33 bits per heavy atom. The van der Waals surface area contributed by atoms with Gasteiger partial charge in [0.05, 0.1) is 12.2 Å². The van der Waals surface area contributed by atoms with Crippen LogP contribution in [0.1, 0.15) is 5.56 Å². The quantitative estimate of drug-likeness (QED) is 0.534. The Labute approximate surface area is 70.6 Å². The van der Waals surface area contributed by atoms with E-state index in [2.05, 4.69) is 11.2 Å². The summed E-state index contributed by atoms with van der Waals surface area (Å²) in [6.07, 6.45) is 9.50. The molecule has 0 amide bonds. The van der Waals surface area contributed by atoms with Gasteiger partial charge in [0.25, 0.3) is 0 Å². The Bertz CT molecular complexity index is 362. The average Bonchev–Trinajstić information content (AvgIpc) is 2.17. The highest BCUT2D eigenvalue weighted by atomic mass is 15.1. The predicted molar refractivity (Wildman–Crippen MR) is 46.2 cm³/mol. The normalized spacial score (nSPS) is 13.8. The third-order valence-corrected chi connectivity index (χ3v) is 1.82. The number of hydrogen-bond acceptors (Lipinski definition) is 3. The summed E-state index contributed by atoms with van der Waals surface area (Å²) in [6.45, 7) is 0.660. The second-order valence-corrected chi connectivity index (χ2v) is 2.55. The minimum atomic E-state index is 0.660. The molecule has 0 spiro atoms. The molecule has 0 bridgehead atoms. The molecule has 0 unspecified atom stereocenters. The van der Waals surface area contributed by atoms with Gasteiger partial charge in [-0.25, -0.2) is 0 Å². The molecule has 3 heteroatoms. The van der Waals surface area contributed by atoms with Crippen molar-refractivity contribution in [1.82, 2.24) is 4.98 Å². The molecule has 0 aliphatic carbocycles. The molecular formula is C9H7N3. The van der Waals surface area contributed by atoms with Gasteiger partial charge in [0.2, 0.25) is 0 Å². The van der Waals surface area contributed by atoms with Gasteiger partial charge in [-0.15, -0.1) is 0 Å². The minimum absolute atomic E-state index is 0.660. The molecule has 12 heavy (non-hydrogen) atoms. The molecule has 3 nitrogen and oxygen atoms in total.